The van der Waals surface area contributed by atoms with Gasteiger partial charge in [-0.15, -0.1) is 0 Å². The first-order chi connectivity index (χ1) is 8.70. The fourth-order valence-electron chi connectivity index (χ4n) is 2.26. The average Bonchev–Trinajstić information content (AvgIpc) is 2.36. The fourth-order valence-corrected chi connectivity index (χ4v) is 2.26. The number of benzene rings is 2. The summed E-state index contributed by atoms with van der Waals surface area (Å²) in [4.78, 5) is 0. The second-order valence-corrected chi connectivity index (χ2v) is 4.80. The number of nitrogens with one attached hydrogen (secondary N) is 1. The number of aryl methyl sites for hydroxylation is 2. The summed E-state index contributed by atoms with van der Waals surface area (Å²) in [7, 11) is 0. The quantitative estimate of drug-likeness (QED) is 0.847. The monoisotopic (exact) mass is 239 g/mol. The molecule has 2 aromatic carbocycles. The van der Waals surface area contributed by atoms with Gasteiger partial charge < -0.3 is 5.32 Å². The summed E-state index contributed by atoms with van der Waals surface area (Å²) in [6, 6.07) is 15.4. The zero-order chi connectivity index (χ0) is 13.0. The first kappa shape index (κ1) is 12.8. The molecule has 0 bridgehead atoms. The Labute approximate surface area is 110 Å². The van der Waals surface area contributed by atoms with Gasteiger partial charge in [0, 0.05) is 6.54 Å². The van der Waals surface area contributed by atoms with Crippen LogP contribution in [-0.4, -0.2) is 6.54 Å². The summed E-state index contributed by atoms with van der Waals surface area (Å²) in [6.07, 6.45) is 0. The van der Waals surface area contributed by atoms with Crippen molar-refractivity contribution in [1.82, 2.24) is 5.32 Å². The van der Waals surface area contributed by atoms with Gasteiger partial charge in [-0.25, -0.2) is 0 Å². The molecule has 0 aliphatic carbocycles. The van der Waals surface area contributed by atoms with Crippen LogP contribution in [0, 0.1) is 13.8 Å². The molecular weight excluding hydrogens is 218 g/mol. The third-order valence-electron chi connectivity index (χ3n) is 3.20. The second-order valence-electron chi connectivity index (χ2n) is 4.80. The summed E-state index contributed by atoms with van der Waals surface area (Å²) in [6.45, 7) is 8.40. The van der Waals surface area contributed by atoms with Crippen molar-refractivity contribution in [1.29, 1.82) is 0 Å². The van der Waals surface area contributed by atoms with E-state index in [1.807, 2.05) is 0 Å². The van der Waals surface area contributed by atoms with Crippen LogP contribution in [0.15, 0.2) is 42.5 Å². The van der Waals surface area contributed by atoms with Crippen LogP contribution in [0.1, 0.15) is 23.6 Å². The van der Waals surface area contributed by atoms with Crippen molar-refractivity contribution in [2.75, 3.05) is 6.54 Å². The Balaban J connectivity index is 2.32. The molecule has 0 amide bonds. The predicted molar refractivity (Wildman–Crippen MR) is 78.7 cm³/mol. The zero-order valence-electron chi connectivity index (χ0n) is 11.5. The van der Waals surface area contributed by atoms with E-state index in [9.17, 15) is 0 Å². The maximum Gasteiger partial charge on any atom is 0.0205 e. The lowest BCUT2D eigenvalue weighted by molar-refractivity contribution is 0.727. The highest BCUT2D eigenvalue weighted by Crippen LogP contribution is 2.24. The molecule has 2 rings (SSSR count). The van der Waals surface area contributed by atoms with Crippen molar-refractivity contribution in [3.8, 4) is 11.1 Å². The molecule has 0 saturated carbocycles. The van der Waals surface area contributed by atoms with E-state index in [1.165, 1.54) is 27.8 Å². The van der Waals surface area contributed by atoms with E-state index >= 15 is 0 Å². The minimum absolute atomic E-state index is 0.940. The molecule has 0 atom stereocenters. The summed E-state index contributed by atoms with van der Waals surface area (Å²) in [5.74, 6) is 0. The van der Waals surface area contributed by atoms with Crippen LogP contribution in [-0.2, 0) is 6.54 Å². The fraction of sp³-hybridized carbons (Fsp3) is 0.294. The average molecular weight is 239 g/mol. The molecule has 1 N–H and O–H groups in total. The van der Waals surface area contributed by atoms with Crippen molar-refractivity contribution in [3.05, 3.63) is 59.2 Å². The van der Waals surface area contributed by atoms with Gasteiger partial charge >= 0.3 is 0 Å². The highest BCUT2D eigenvalue weighted by molar-refractivity contribution is 5.68. The molecule has 0 aliphatic rings. The Bertz CT molecular complexity index is 529. The summed E-state index contributed by atoms with van der Waals surface area (Å²) >= 11 is 0. The molecular formula is C17H21N. The molecule has 2 aromatic rings. The molecule has 0 spiro atoms. The van der Waals surface area contributed by atoms with E-state index in [0.717, 1.165) is 13.1 Å². The van der Waals surface area contributed by atoms with Crippen LogP contribution in [0.4, 0.5) is 0 Å². The molecule has 0 radical (unpaired) electrons. The van der Waals surface area contributed by atoms with Gasteiger partial charge in [-0.05, 0) is 48.7 Å². The molecule has 0 fully saturated rings. The van der Waals surface area contributed by atoms with Crippen molar-refractivity contribution in [2.45, 2.75) is 27.3 Å². The molecule has 1 heteroatoms. The number of hydrogen-bond donors (Lipinski definition) is 1. The number of hydrogen-bond acceptors (Lipinski definition) is 1. The molecule has 0 aliphatic heterocycles. The highest BCUT2D eigenvalue weighted by atomic mass is 14.8. The first-order valence-electron chi connectivity index (χ1n) is 6.58. The molecule has 18 heavy (non-hydrogen) atoms. The molecule has 94 valence electrons. The van der Waals surface area contributed by atoms with Crippen LogP contribution in [0.2, 0.25) is 0 Å². The Morgan fingerprint density at radius 1 is 1.00 bits per heavy atom. The number of rotatable bonds is 4. The standard InChI is InChI=1S/C17H21N/c1-4-18-12-15-6-5-7-16(11-15)17-9-8-13(2)10-14(17)3/h5-11,18H,4,12H2,1-3H3. The van der Waals surface area contributed by atoms with E-state index in [-0.39, 0.29) is 0 Å². The van der Waals surface area contributed by atoms with E-state index in [4.69, 9.17) is 0 Å². The van der Waals surface area contributed by atoms with Crippen LogP contribution in [0.25, 0.3) is 11.1 Å². The van der Waals surface area contributed by atoms with Gasteiger partial charge in [-0.3, -0.25) is 0 Å². The van der Waals surface area contributed by atoms with Crippen molar-refractivity contribution in [3.63, 3.8) is 0 Å². The van der Waals surface area contributed by atoms with Gasteiger partial charge in [0.05, 0.1) is 0 Å². The van der Waals surface area contributed by atoms with Crippen molar-refractivity contribution in [2.24, 2.45) is 0 Å². The lowest BCUT2D eigenvalue weighted by atomic mass is 9.97. The summed E-state index contributed by atoms with van der Waals surface area (Å²) in [5.41, 5.74) is 6.65. The molecule has 0 saturated heterocycles. The minimum atomic E-state index is 0.940. The van der Waals surface area contributed by atoms with Gasteiger partial charge in [-0.1, -0.05) is 48.9 Å². The van der Waals surface area contributed by atoms with Crippen molar-refractivity contribution >= 4 is 0 Å². The first-order valence-corrected chi connectivity index (χ1v) is 6.58. The van der Waals surface area contributed by atoms with Crippen LogP contribution in [0.5, 0.6) is 0 Å². The largest absolute Gasteiger partial charge is 0.313 e. The Kier molecular flexibility index (Phi) is 4.16. The van der Waals surface area contributed by atoms with E-state index in [2.05, 4.69) is 68.6 Å². The van der Waals surface area contributed by atoms with Crippen LogP contribution in [0.3, 0.4) is 0 Å². The third kappa shape index (κ3) is 2.99. The topological polar surface area (TPSA) is 12.0 Å². The minimum Gasteiger partial charge on any atom is -0.313 e. The molecule has 0 heterocycles. The maximum absolute atomic E-state index is 3.37. The van der Waals surface area contributed by atoms with Crippen LogP contribution < -0.4 is 5.32 Å². The Morgan fingerprint density at radius 2 is 1.83 bits per heavy atom. The zero-order valence-corrected chi connectivity index (χ0v) is 11.5. The van der Waals surface area contributed by atoms with Gasteiger partial charge in [0.15, 0.2) is 0 Å². The smallest absolute Gasteiger partial charge is 0.0205 e. The van der Waals surface area contributed by atoms with E-state index in [0.29, 0.717) is 0 Å². The van der Waals surface area contributed by atoms with Gasteiger partial charge in [0.25, 0.3) is 0 Å². The van der Waals surface area contributed by atoms with E-state index in [1.54, 1.807) is 0 Å². The molecule has 0 unspecified atom stereocenters. The maximum atomic E-state index is 3.37. The lowest BCUT2D eigenvalue weighted by Gasteiger charge is -2.09. The predicted octanol–water partition coefficient (Wildman–Crippen LogP) is 4.08. The van der Waals surface area contributed by atoms with Crippen LogP contribution >= 0.6 is 0 Å². The van der Waals surface area contributed by atoms with Gasteiger partial charge in [-0.2, -0.15) is 0 Å². The lowest BCUT2D eigenvalue weighted by Crippen LogP contribution is -2.11. The molecule has 1 nitrogen and oxygen atoms in total. The summed E-state index contributed by atoms with van der Waals surface area (Å²) in [5, 5.41) is 3.37. The second kappa shape index (κ2) is 5.83. The van der Waals surface area contributed by atoms with Gasteiger partial charge in [0.2, 0.25) is 0 Å². The third-order valence-corrected chi connectivity index (χ3v) is 3.20. The normalized spacial score (nSPS) is 10.6. The Morgan fingerprint density at radius 3 is 2.56 bits per heavy atom. The molecule has 0 aromatic heterocycles. The summed E-state index contributed by atoms with van der Waals surface area (Å²) < 4.78 is 0. The SMILES string of the molecule is CCNCc1cccc(-c2ccc(C)cc2C)c1. The van der Waals surface area contributed by atoms with E-state index < -0.39 is 0 Å². The van der Waals surface area contributed by atoms with Gasteiger partial charge in [0.1, 0.15) is 0 Å². The highest BCUT2D eigenvalue weighted by Gasteiger charge is 2.02. The van der Waals surface area contributed by atoms with Crippen molar-refractivity contribution < 1.29 is 0 Å². The Hall–Kier alpha value is -1.60.